The zero-order valence-corrected chi connectivity index (χ0v) is 16.4. The molecule has 0 spiro atoms. The minimum Gasteiger partial charge on any atom is -0.374 e. The van der Waals surface area contributed by atoms with Gasteiger partial charge in [0.15, 0.2) is 5.65 Å². The summed E-state index contributed by atoms with van der Waals surface area (Å²) in [6.45, 7) is 6.96. The van der Waals surface area contributed by atoms with Crippen molar-refractivity contribution in [3.05, 3.63) is 69.3 Å². The maximum absolute atomic E-state index is 13.0. The van der Waals surface area contributed by atoms with Crippen molar-refractivity contribution in [2.24, 2.45) is 0 Å². The van der Waals surface area contributed by atoms with Gasteiger partial charge in [-0.2, -0.15) is 0 Å². The number of hydrogen-bond donors (Lipinski definition) is 1. The van der Waals surface area contributed by atoms with Crippen LogP contribution in [-0.2, 0) is 24.3 Å². The maximum atomic E-state index is 13.0. The number of hydrogen-bond acceptors (Lipinski definition) is 4. The fourth-order valence-electron chi connectivity index (χ4n) is 3.53. The lowest BCUT2D eigenvalue weighted by Gasteiger charge is -2.35. The van der Waals surface area contributed by atoms with E-state index in [1.165, 1.54) is 4.52 Å². The van der Waals surface area contributed by atoms with Crippen LogP contribution in [0.4, 0.5) is 0 Å². The minimum absolute atomic E-state index is 0.212. The molecule has 0 aliphatic carbocycles. The molecule has 146 valence electrons. The van der Waals surface area contributed by atoms with Crippen LogP contribution in [0, 0.1) is 0 Å². The van der Waals surface area contributed by atoms with Gasteiger partial charge in [-0.25, -0.2) is 9.50 Å². The Hall–Kier alpha value is -2.93. The van der Waals surface area contributed by atoms with E-state index in [4.69, 9.17) is 4.74 Å². The highest BCUT2D eigenvalue weighted by molar-refractivity contribution is 5.97. The SMILES string of the molecule is CCc1cc2nc3c(c(=O)n2[nH]1)CN(C(C)(C)COCc1ccccc1)C3=O. The Morgan fingerprint density at radius 1 is 1.21 bits per heavy atom. The molecule has 1 N–H and O–H groups in total. The highest BCUT2D eigenvalue weighted by atomic mass is 16.5. The fraction of sp³-hybridized carbons (Fsp3) is 0.381. The number of carbonyl (C=O) groups is 1. The molecule has 0 unspecified atom stereocenters. The molecule has 0 atom stereocenters. The van der Waals surface area contributed by atoms with Crippen LogP contribution in [0.2, 0.25) is 0 Å². The summed E-state index contributed by atoms with van der Waals surface area (Å²) in [6, 6.07) is 11.7. The molecule has 3 heterocycles. The lowest BCUT2D eigenvalue weighted by molar-refractivity contribution is 0.00771. The molecule has 0 bridgehead atoms. The first-order valence-corrected chi connectivity index (χ1v) is 9.48. The Bertz CT molecular complexity index is 1080. The summed E-state index contributed by atoms with van der Waals surface area (Å²) >= 11 is 0. The van der Waals surface area contributed by atoms with E-state index in [0.717, 1.165) is 17.7 Å². The average molecular weight is 380 g/mol. The predicted molar refractivity (Wildman–Crippen MR) is 105 cm³/mol. The minimum atomic E-state index is -0.564. The first kappa shape index (κ1) is 18.4. The van der Waals surface area contributed by atoms with Gasteiger partial charge in [0, 0.05) is 11.8 Å². The van der Waals surface area contributed by atoms with Crippen LogP contribution in [-0.4, -0.2) is 37.6 Å². The molecule has 0 fully saturated rings. The van der Waals surface area contributed by atoms with Gasteiger partial charge in [-0.3, -0.25) is 14.7 Å². The summed E-state index contributed by atoms with van der Waals surface area (Å²) in [6.07, 6.45) is 0.763. The highest BCUT2D eigenvalue weighted by Gasteiger charge is 2.40. The van der Waals surface area contributed by atoms with Crippen molar-refractivity contribution in [2.45, 2.75) is 45.9 Å². The third-order valence-corrected chi connectivity index (χ3v) is 5.20. The van der Waals surface area contributed by atoms with E-state index >= 15 is 0 Å². The van der Waals surface area contributed by atoms with Crippen LogP contribution < -0.4 is 5.56 Å². The molecule has 4 rings (SSSR count). The Balaban J connectivity index is 1.54. The lowest BCUT2D eigenvalue weighted by atomic mass is 10.0. The number of aromatic amines is 1. The summed E-state index contributed by atoms with van der Waals surface area (Å²) in [5.41, 5.74) is 2.38. The predicted octanol–water partition coefficient (Wildman–Crippen LogP) is 2.54. The standard InChI is InChI=1S/C21H24N4O3/c1-4-15-10-17-22-18-16(19(26)25(17)23-15)11-24(20(18)27)21(2,3)13-28-12-14-8-6-5-7-9-14/h5-10,23H,4,11-13H2,1-3H3. The van der Waals surface area contributed by atoms with Gasteiger partial charge in [-0.15, -0.1) is 0 Å². The first-order chi connectivity index (χ1) is 13.4. The summed E-state index contributed by atoms with van der Waals surface area (Å²) in [7, 11) is 0. The topological polar surface area (TPSA) is 79.7 Å². The molecule has 1 aliphatic heterocycles. The summed E-state index contributed by atoms with van der Waals surface area (Å²) in [4.78, 5) is 32.0. The Labute approximate surface area is 162 Å². The summed E-state index contributed by atoms with van der Waals surface area (Å²) in [5, 5.41) is 3.05. The number of benzene rings is 1. The van der Waals surface area contributed by atoms with Crippen LogP contribution in [0.1, 0.15) is 48.1 Å². The van der Waals surface area contributed by atoms with E-state index in [1.807, 2.05) is 57.2 Å². The smallest absolute Gasteiger partial charge is 0.278 e. The largest absolute Gasteiger partial charge is 0.374 e. The third-order valence-electron chi connectivity index (χ3n) is 5.20. The maximum Gasteiger partial charge on any atom is 0.278 e. The van der Waals surface area contributed by atoms with Crippen molar-refractivity contribution >= 4 is 11.6 Å². The zero-order chi connectivity index (χ0) is 19.9. The zero-order valence-electron chi connectivity index (χ0n) is 16.4. The average Bonchev–Trinajstić information content (AvgIpc) is 3.25. The van der Waals surface area contributed by atoms with Crippen LogP contribution in [0.25, 0.3) is 5.65 Å². The Kier molecular flexibility index (Phi) is 4.55. The number of ether oxygens (including phenoxy) is 1. The molecule has 0 saturated carbocycles. The number of fused-ring (bicyclic) bond motifs is 2. The van der Waals surface area contributed by atoms with Crippen LogP contribution in [0.5, 0.6) is 0 Å². The molecular weight excluding hydrogens is 356 g/mol. The third kappa shape index (κ3) is 3.11. The van der Waals surface area contributed by atoms with Crippen molar-refractivity contribution in [1.82, 2.24) is 19.5 Å². The molecule has 1 aliphatic rings. The van der Waals surface area contributed by atoms with Gasteiger partial charge in [-0.1, -0.05) is 37.3 Å². The number of rotatable bonds is 6. The van der Waals surface area contributed by atoms with E-state index in [2.05, 4.69) is 10.1 Å². The molecule has 2 aromatic heterocycles. The second kappa shape index (κ2) is 6.91. The molecule has 28 heavy (non-hydrogen) atoms. The molecule has 1 aromatic carbocycles. The number of nitrogens with one attached hydrogen (secondary N) is 1. The van der Waals surface area contributed by atoms with Crippen molar-refractivity contribution in [3.8, 4) is 0 Å². The quantitative estimate of drug-likeness (QED) is 0.713. The number of carbonyl (C=O) groups excluding carboxylic acids is 1. The highest BCUT2D eigenvalue weighted by Crippen LogP contribution is 2.27. The van der Waals surface area contributed by atoms with E-state index in [1.54, 1.807) is 4.90 Å². The van der Waals surface area contributed by atoms with Crippen molar-refractivity contribution in [3.63, 3.8) is 0 Å². The van der Waals surface area contributed by atoms with E-state index in [9.17, 15) is 9.59 Å². The molecule has 3 aromatic rings. The monoisotopic (exact) mass is 380 g/mol. The number of aryl methyl sites for hydroxylation is 1. The van der Waals surface area contributed by atoms with Crippen LogP contribution >= 0.6 is 0 Å². The normalized spacial score (nSPS) is 14.1. The van der Waals surface area contributed by atoms with E-state index in [-0.39, 0.29) is 23.7 Å². The van der Waals surface area contributed by atoms with E-state index in [0.29, 0.717) is 24.4 Å². The van der Waals surface area contributed by atoms with Gasteiger partial charge in [0.05, 0.1) is 30.9 Å². The number of amides is 1. The Morgan fingerprint density at radius 2 is 1.96 bits per heavy atom. The van der Waals surface area contributed by atoms with Gasteiger partial charge in [0.2, 0.25) is 0 Å². The van der Waals surface area contributed by atoms with Gasteiger partial charge < -0.3 is 9.64 Å². The van der Waals surface area contributed by atoms with Gasteiger partial charge >= 0.3 is 0 Å². The number of aromatic nitrogens is 3. The molecular formula is C21H24N4O3. The van der Waals surface area contributed by atoms with Gasteiger partial charge in [-0.05, 0) is 25.8 Å². The summed E-state index contributed by atoms with van der Waals surface area (Å²) in [5.74, 6) is -0.220. The second-order valence-electron chi connectivity index (χ2n) is 7.75. The summed E-state index contributed by atoms with van der Waals surface area (Å²) < 4.78 is 7.29. The van der Waals surface area contributed by atoms with Crippen molar-refractivity contribution in [2.75, 3.05) is 6.61 Å². The fourth-order valence-corrected chi connectivity index (χ4v) is 3.53. The second-order valence-corrected chi connectivity index (χ2v) is 7.75. The molecule has 7 heteroatoms. The lowest BCUT2D eigenvalue weighted by Crippen LogP contribution is -2.47. The van der Waals surface area contributed by atoms with Crippen molar-refractivity contribution < 1.29 is 9.53 Å². The Morgan fingerprint density at radius 3 is 2.68 bits per heavy atom. The van der Waals surface area contributed by atoms with Gasteiger partial charge in [0.1, 0.15) is 5.69 Å². The van der Waals surface area contributed by atoms with E-state index < -0.39 is 5.54 Å². The van der Waals surface area contributed by atoms with Crippen LogP contribution in [0.3, 0.4) is 0 Å². The molecule has 0 saturated heterocycles. The first-order valence-electron chi connectivity index (χ1n) is 9.48. The van der Waals surface area contributed by atoms with Crippen molar-refractivity contribution in [1.29, 1.82) is 0 Å². The van der Waals surface area contributed by atoms with Gasteiger partial charge in [0.25, 0.3) is 11.5 Å². The number of nitrogens with zero attached hydrogens (tertiary/aromatic N) is 3. The molecule has 0 radical (unpaired) electrons. The molecule has 7 nitrogen and oxygen atoms in total. The number of H-pyrrole nitrogens is 1. The molecule has 1 amide bonds. The van der Waals surface area contributed by atoms with Crippen LogP contribution in [0.15, 0.2) is 41.2 Å².